The van der Waals surface area contributed by atoms with Crippen LogP contribution in [0.1, 0.15) is 5.56 Å². The molecule has 0 atom stereocenters. The summed E-state index contributed by atoms with van der Waals surface area (Å²) in [7, 11) is 1.62. The van der Waals surface area contributed by atoms with Gasteiger partial charge in [0.1, 0.15) is 10.4 Å². The van der Waals surface area contributed by atoms with Gasteiger partial charge in [-0.3, -0.25) is 9.89 Å². The van der Waals surface area contributed by atoms with E-state index >= 15 is 0 Å². The van der Waals surface area contributed by atoms with Gasteiger partial charge in [0.2, 0.25) is 0 Å². The van der Waals surface area contributed by atoms with Crippen LogP contribution >= 0.6 is 12.2 Å². The number of benzene rings is 1. The van der Waals surface area contributed by atoms with Gasteiger partial charge < -0.3 is 4.74 Å². The van der Waals surface area contributed by atoms with Gasteiger partial charge in [0, 0.05) is 6.07 Å². The Morgan fingerprint density at radius 3 is 2.59 bits per heavy atom. The van der Waals surface area contributed by atoms with Gasteiger partial charge in [-0.25, -0.2) is 4.68 Å². The number of hydrogen-bond donors (Lipinski definition) is 1. The van der Waals surface area contributed by atoms with E-state index in [0.29, 0.717) is 11.2 Å². The Morgan fingerprint density at radius 1 is 1.24 bits per heavy atom. The second kappa shape index (κ2) is 4.97. The maximum Gasteiger partial charge on any atom is 0.265 e. The number of methoxy groups -OCH3 is 1. The number of aromatic amines is 1. The van der Waals surface area contributed by atoms with Crippen LogP contribution in [0.5, 0.6) is 5.75 Å². The van der Waals surface area contributed by atoms with E-state index in [1.54, 1.807) is 13.2 Å². The second-order valence-corrected chi connectivity index (χ2v) is 4.02. The Hall–Kier alpha value is -1.88. The molecule has 0 aliphatic carbocycles. The first kappa shape index (κ1) is 11.6. The molecule has 0 unspecified atom stereocenters. The molecule has 0 saturated heterocycles. The molecule has 0 saturated carbocycles. The summed E-state index contributed by atoms with van der Waals surface area (Å²) in [6, 6.07) is 10.6. The summed E-state index contributed by atoms with van der Waals surface area (Å²) in [6.45, 7) is 0.466. The topological polar surface area (TPSA) is 47.0 Å². The number of aromatic nitrogens is 2. The predicted molar refractivity (Wildman–Crippen MR) is 68.0 cm³/mol. The Balaban J connectivity index is 2.28. The van der Waals surface area contributed by atoms with Crippen LogP contribution in [0.4, 0.5) is 0 Å². The summed E-state index contributed by atoms with van der Waals surface area (Å²) < 4.78 is 7.09. The highest BCUT2D eigenvalue weighted by Gasteiger charge is 1.98. The van der Waals surface area contributed by atoms with Crippen molar-refractivity contribution in [2.75, 3.05) is 7.11 Å². The monoisotopic (exact) mass is 248 g/mol. The van der Waals surface area contributed by atoms with Crippen molar-refractivity contribution in [2.24, 2.45) is 0 Å². The van der Waals surface area contributed by atoms with Crippen molar-refractivity contribution in [3.05, 3.63) is 57.0 Å². The first-order valence-electron chi connectivity index (χ1n) is 5.12. The summed E-state index contributed by atoms with van der Waals surface area (Å²) in [5.41, 5.74) is 0.902. The molecule has 4 nitrogen and oxygen atoms in total. The lowest BCUT2D eigenvalue weighted by Gasteiger charge is -2.06. The van der Waals surface area contributed by atoms with Gasteiger partial charge in [0.05, 0.1) is 13.7 Å². The molecule has 0 amide bonds. The maximum atomic E-state index is 11.6. The summed E-state index contributed by atoms with van der Waals surface area (Å²) in [6.07, 6.45) is 0. The summed E-state index contributed by atoms with van der Waals surface area (Å²) >= 11 is 4.98. The van der Waals surface area contributed by atoms with Crippen molar-refractivity contribution in [2.45, 2.75) is 6.54 Å². The SMILES string of the molecule is COc1ccc(Cn2[nH]c(=S)ccc2=O)cc1. The molecule has 17 heavy (non-hydrogen) atoms. The minimum atomic E-state index is -0.102. The third kappa shape index (κ3) is 2.82. The molecule has 0 aliphatic rings. The molecule has 1 aromatic heterocycles. The van der Waals surface area contributed by atoms with E-state index < -0.39 is 0 Å². The highest BCUT2D eigenvalue weighted by Crippen LogP contribution is 2.11. The Bertz CT molecular complexity index is 613. The fraction of sp³-hybridized carbons (Fsp3) is 0.167. The molecular formula is C12H12N2O2S. The highest BCUT2D eigenvalue weighted by atomic mass is 32.1. The molecule has 88 valence electrons. The number of nitrogens with one attached hydrogen (secondary N) is 1. The van der Waals surface area contributed by atoms with Crippen LogP contribution in [0, 0.1) is 4.64 Å². The average molecular weight is 248 g/mol. The van der Waals surface area contributed by atoms with E-state index in [4.69, 9.17) is 17.0 Å². The summed E-state index contributed by atoms with van der Waals surface area (Å²) in [4.78, 5) is 11.6. The molecule has 0 spiro atoms. The lowest BCUT2D eigenvalue weighted by Crippen LogP contribution is -2.22. The zero-order valence-electron chi connectivity index (χ0n) is 9.34. The van der Waals surface area contributed by atoms with Crippen molar-refractivity contribution in [1.29, 1.82) is 0 Å². The van der Waals surface area contributed by atoms with Crippen LogP contribution in [0.3, 0.4) is 0 Å². The van der Waals surface area contributed by atoms with E-state index in [-0.39, 0.29) is 5.56 Å². The molecule has 5 heteroatoms. The second-order valence-electron chi connectivity index (χ2n) is 3.58. The zero-order chi connectivity index (χ0) is 12.3. The van der Waals surface area contributed by atoms with E-state index in [1.807, 2.05) is 24.3 Å². The van der Waals surface area contributed by atoms with Gasteiger partial charge in [-0.1, -0.05) is 24.4 Å². The summed E-state index contributed by atoms with van der Waals surface area (Å²) in [5, 5.41) is 2.84. The van der Waals surface area contributed by atoms with Crippen LogP contribution in [0.15, 0.2) is 41.2 Å². The van der Waals surface area contributed by atoms with Gasteiger partial charge >= 0.3 is 0 Å². The molecule has 1 heterocycles. The molecule has 0 fully saturated rings. The number of nitrogens with zero attached hydrogens (tertiary/aromatic N) is 1. The first-order valence-corrected chi connectivity index (χ1v) is 5.53. The van der Waals surface area contributed by atoms with E-state index in [2.05, 4.69) is 5.10 Å². The van der Waals surface area contributed by atoms with Crippen molar-refractivity contribution < 1.29 is 4.74 Å². The van der Waals surface area contributed by atoms with E-state index in [1.165, 1.54) is 10.7 Å². The number of hydrogen-bond acceptors (Lipinski definition) is 3. The molecule has 1 N–H and O–H groups in total. The van der Waals surface area contributed by atoms with Gasteiger partial charge in [0.25, 0.3) is 5.56 Å². The lowest BCUT2D eigenvalue weighted by atomic mass is 10.2. The summed E-state index contributed by atoms with van der Waals surface area (Å²) in [5.74, 6) is 0.794. The van der Waals surface area contributed by atoms with Gasteiger partial charge in [-0.2, -0.15) is 0 Å². The van der Waals surface area contributed by atoms with Crippen LogP contribution in [-0.2, 0) is 6.54 Å². The zero-order valence-corrected chi connectivity index (χ0v) is 10.2. The van der Waals surface area contributed by atoms with Crippen LogP contribution in [0.2, 0.25) is 0 Å². The minimum absolute atomic E-state index is 0.102. The first-order chi connectivity index (χ1) is 8.19. The Labute approximate surface area is 103 Å². The van der Waals surface area contributed by atoms with Crippen molar-refractivity contribution in [3.8, 4) is 5.75 Å². The molecular weight excluding hydrogens is 236 g/mol. The Kier molecular flexibility index (Phi) is 3.39. The third-order valence-electron chi connectivity index (χ3n) is 2.39. The maximum absolute atomic E-state index is 11.6. The van der Waals surface area contributed by atoms with Crippen LogP contribution < -0.4 is 10.3 Å². The molecule has 0 radical (unpaired) electrons. The molecule has 0 bridgehead atoms. The number of H-pyrrole nitrogens is 1. The highest BCUT2D eigenvalue weighted by molar-refractivity contribution is 7.71. The van der Waals surface area contributed by atoms with Crippen LogP contribution in [0.25, 0.3) is 0 Å². The molecule has 2 aromatic rings. The van der Waals surface area contributed by atoms with Gasteiger partial charge in [-0.15, -0.1) is 0 Å². The fourth-order valence-corrected chi connectivity index (χ4v) is 1.67. The quantitative estimate of drug-likeness (QED) is 0.845. The van der Waals surface area contributed by atoms with Crippen LogP contribution in [-0.4, -0.2) is 16.9 Å². The smallest absolute Gasteiger partial charge is 0.265 e. The number of ether oxygens (including phenoxy) is 1. The van der Waals surface area contributed by atoms with Gasteiger partial charge in [0.15, 0.2) is 0 Å². The standard InChI is InChI=1S/C12H12N2O2S/c1-16-10-4-2-9(3-5-10)8-14-12(15)7-6-11(17)13-14/h2-7H,8H2,1H3,(H,13,17). The fourth-order valence-electron chi connectivity index (χ4n) is 1.49. The third-order valence-corrected chi connectivity index (χ3v) is 2.62. The van der Waals surface area contributed by atoms with Crippen molar-refractivity contribution in [3.63, 3.8) is 0 Å². The largest absolute Gasteiger partial charge is 0.497 e. The number of rotatable bonds is 3. The van der Waals surface area contributed by atoms with E-state index in [0.717, 1.165) is 11.3 Å². The van der Waals surface area contributed by atoms with E-state index in [9.17, 15) is 4.79 Å². The minimum Gasteiger partial charge on any atom is -0.497 e. The van der Waals surface area contributed by atoms with Crippen molar-refractivity contribution >= 4 is 12.2 Å². The molecule has 2 rings (SSSR count). The van der Waals surface area contributed by atoms with Crippen molar-refractivity contribution in [1.82, 2.24) is 9.78 Å². The molecule has 1 aromatic carbocycles. The lowest BCUT2D eigenvalue weighted by molar-refractivity contribution is 0.414. The molecule has 0 aliphatic heterocycles. The predicted octanol–water partition coefficient (Wildman–Crippen LogP) is 1.96. The Morgan fingerprint density at radius 2 is 1.94 bits per heavy atom. The normalized spacial score (nSPS) is 10.2. The average Bonchev–Trinajstić information content (AvgIpc) is 2.35. The van der Waals surface area contributed by atoms with Gasteiger partial charge in [-0.05, 0) is 23.8 Å².